The lowest BCUT2D eigenvalue weighted by Crippen LogP contribution is -2.49. The van der Waals surface area contributed by atoms with E-state index in [-0.39, 0.29) is 43.8 Å². The van der Waals surface area contributed by atoms with Crippen molar-refractivity contribution in [3.05, 3.63) is 64.1 Å². The smallest absolute Gasteiger partial charge is 0.242 e. The second-order valence-electron chi connectivity index (χ2n) is 9.19. The average Bonchev–Trinajstić information content (AvgIpc) is 3.34. The van der Waals surface area contributed by atoms with Crippen LogP contribution in [0.1, 0.15) is 51.0 Å². The fourth-order valence-electron chi connectivity index (χ4n) is 4.40. The number of hydrogen-bond donors (Lipinski definition) is 1. The number of halogens is 2. The quantitative estimate of drug-likeness (QED) is 0.423. The number of amides is 2. The van der Waals surface area contributed by atoms with Crippen molar-refractivity contribution in [2.24, 2.45) is 0 Å². The number of hydrogen-bond acceptors (Lipinski definition) is 4. The van der Waals surface area contributed by atoms with Gasteiger partial charge in [-0.3, -0.25) is 13.9 Å². The topological polar surface area (TPSA) is 86.8 Å². The van der Waals surface area contributed by atoms with Crippen LogP contribution in [-0.2, 0) is 26.2 Å². The zero-order valence-corrected chi connectivity index (χ0v) is 23.0. The molecule has 2 aromatic carbocycles. The van der Waals surface area contributed by atoms with Crippen LogP contribution in [0.3, 0.4) is 0 Å². The van der Waals surface area contributed by atoms with Crippen molar-refractivity contribution in [1.82, 2.24) is 10.2 Å². The van der Waals surface area contributed by atoms with Crippen LogP contribution in [0.2, 0.25) is 10.0 Å². The molecule has 1 atom stereocenters. The summed E-state index contributed by atoms with van der Waals surface area (Å²) in [6.07, 6.45) is 5.56. The maximum absolute atomic E-state index is 13.4. The van der Waals surface area contributed by atoms with Gasteiger partial charge in [-0.2, -0.15) is 0 Å². The van der Waals surface area contributed by atoms with E-state index in [1.165, 1.54) is 9.21 Å². The van der Waals surface area contributed by atoms with E-state index in [1.54, 1.807) is 37.3 Å². The predicted molar refractivity (Wildman–Crippen MR) is 145 cm³/mol. The molecule has 1 aliphatic rings. The molecule has 196 valence electrons. The highest BCUT2D eigenvalue weighted by Gasteiger charge is 2.29. The molecule has 0 saturated heterocycles. The van der Waals surface area contributed by atoms with Crippen molar-refractivity contribution in [3.63, 3.8) is 0 Å². The van der Waals surface area contributed by atoms with Gasteiger partial charge in [-0.05, 0) is 62.1 Å². The number of carbonyl (C=O) groups excluding carboxylic acids is 2. The first-order chi connectivity index (χ1) is 17.1. The molecule has 10 heteroatoms. The minimum absolute atomic E-state index is 0.0745. The highest BCUT2D eigenvalue weighted by molar-refractivity contribution is 7.92. The molecule has 1 N–H and O–H groups in total. The maximum atomic E-state index is 13.4. The van der Waals surface area contributed by atoms with E-state index < -0.39 is 16.1 Å². The van der Waals surface area contributed by atoms with Gasteiger partial charge in [0.1, 0.15) is 6.04 Å². The second kappa shape index (κ2) is 12.8. The van der Waals surface area contributed by atoms with Gasteiger partial charge in [-0.25, -0.2) is 8.42 Å². The van der Waals surface area contributed by atoms with E-state index in [4.69, 9.17) is 23.2 Å². The van der Waals surface area contributed by atoms with Crippen LogP contribution in [0, 0.1) is 0 Å². The molecule has 0 spiro atoms. The summed E-state index contributed by atoms with van der Waals surface area (Å²) in [4.78, 5) is 27.9. The molecular formula is C26H33Cl2N3O4S. The van der Waals surface area contributed by atoms with Crippen molar-refractivity contribution in [3.8, 4) is 0 Å². The van der Waals surface area contributed by atoms with Crippen molar-refractivity contribution >= 4 is 50.7 Å². The van der Waals surface area contributed by atoms with Gasteiger partial charge in [0, 0.05) is 35.6 Å². The molecule has 0 aliphatic heterocycles. The fourth-order valence-corrected chi connectivity index (χ4v) is 5.68. The van der Waals surface area contributed by atoms with Crippen molar-refractivity contribution < 1.29 is 18.0 Å². The van der Waals surface area contributed by atoms with Crippen LogP contribution in [0.5, 0.6) is 0 Å². The first-order valence-corrected chi connectivity index (χ1v) is 14.7. The Bertz CT molecular complexity index is 1150. The average molecular weight is 555 g/mol. The largest absolute Gasteiger partial charge is 0.352 e. The molecule has 2 aromatic rings. The van der Waals surface area contributed by atoms with Crippen molar-refractivity contribution in [2.45, 2.75) is 64.1 Å². The summed E-state index contributed by atoms with van der Waals surface area (Å²) < 4.78 is 26.0. The summed E-state index contributed by atoms with van der Waals surface area (Å²) in [7, 11) is -3.56. The Morgan fingerprint density at radius 3 is 2.31 bits per heavy atom. The SMILES string of the molecule is C[C@H](C(=O)NC1CCCC1)N(Cc1ccccc1Cl)C(=O)CCCN(c1ccc(Cl)cc1)S(C)(=O)=O. The normalized spacial score (nSPS) is 14.9. The molecule has 36 heavy (non-hydrogen) atoms. The lowest BCUT2D eigenvalue weighted by atomic mass is 10.1. The van der Waals surface area contributed by atoms with Gasteiger partial charge in [0.15, 0.2) is 0 Å². The molecule has 0 aromatic heterocycles. The molecule has 0 bridgehead atoms. The summed E-state index contributed by atoms with van der Waals surface area (Å²) >= 11 is 12.3. The first kappa shape index (κ1) is 28.3. The van der Waals surface area contributed by atoms with Crippen LogP contribution in [0.4, 0.5) is 5.69 Å². The van der Waals surface area contributed by atoms with E-state index in [0.717, 1.165) is 37.5 Å². The van der Waals surface area contributed by atoms with Gasteiger partial charge < -0.3 is 10.2 Å². The predicted octanol–water partition coefficient (Wildman–Crippen LogP) is 5.02. The van der Waals surface area contributed by atoms with Crippen LogP contribution >= 0.6 is 23.2 Å². The Morgan fingerprint density at radius 2 is 1.69 bits per heavy atom. The molecule has 0 heterocycles. The number of benzene rings is 2. The van der Waals surface area contributed by atoms with Crippen LogP contribution < -0.4 is 9.62 Å². The summed E-state index contributed by atoms with van der Waals surface area (Å²) in [5, 5.41) is 4.09. The molecule has 1 saturated carbocycles. The van der Waals surface area contributed by atoms with Gasteiger partial charge in [-0.1, -0.05) is 54.2 Å². The molecule has 0 radical (unpaired) electrons. The Kier molecular flexibility index (Phi) is 10.0. The molecule has 7 nitrogen and oxygen atoms in total. The summed E-state index contributed by atoms with van der Waals surface area (Å²) in [5.41, 5.74) is 1.22. The highest BCUT2D eigenvalue weighted by Crippen LogP contribution is 2.23. The highest BCUT2D eigenvalue weighted by atomic mass is 35.5. The number of anilines is 1. The number of carbonyl (C=O) groups is 2. The summed E-state index contributed by atoms with van der Waals surface area (Å²) in [5.74, 6) is -0.435. The van der Waals surface area contributed by atoms with Gasteiger partial charge in [0.05, 0.1) is 11.9 Å². The van der Waals surface area contributed by atoms with Gasteiger partial charge in [-0.15, -0.1) is 0 Å². The van der Waals surface area contributed by atoms with E-state index in [1.807, 2.05) is 18.2 Å². The molecular weight excluding hydrogens is 521 g/mol. The number of sulfonamides is 1. The number of nitrogens with one attached hydrogen (secondary N) is 1. The minimum Gasteiger partial charge on any atom is -0.352 e. The second-order valence-corrected chi connectivity index (χ2v) is 11.9. The lowest BCUT2D eigenvalue weighted by Gasteiger charge is -2.30. The maximum Gasteiger partial charge on any atom is 0.242 e. The third kappa shape index (κ3) is 7.85. The Labute approximate surface area is 223 Å². The molecule has 2 amide bonds. The lowest BCUT2D eigenvalue weighted by molar-refractivity contribution is -0.140. The van der Waals surface area contributed by atoms with Crippen LogP contribution in [-0.4, -0.2) is 50.0 Å². The Morgan fingerprint density at radius 1 is 1.06 bits per heavy atom. The molecule has 1 aliphatic carbocycles. The van der Waals surface area contributed by atoms with Crippen LogP contribution in [0.25, 0.3) is 0 Å². The van der Waals surface area contributed by atoms with E-state index in [0.29, 0.717) is 15.7 Å². The van der Waals surface area contributed by atoms with Crippen molar-refractivity contribution in [1.29, 1.82) is 0 Å². The van der Waals surface area contributed by atoms with E-state index >= 15 is 0 Å². The van der Waals surface area contributed by atoms with E-state index in [2.05, 4.69) is 5.32 Å². The third-order valence-corrected chi connectivity index (χ3v) is 8.25. The summed E-state index contributed by atoms with van der Waals surface area (Å²) in [6.45, 7) is 2.02. The van der Waals surface area contributed by atoms with E-state index in [9.17, 15) is 18.0 Å². The third-order valence-electron chi connectivity index (χ3n) is 6.43. The van der Waals surface area contributed by atoms with Crippen LogP contribution in [0.15, 0.2) is 48.5 Å². The van der Waals surface area contributed by atoms with Gasteiger partial charge >= 0.3 is 0 Å². The zero-order valence-electron chi connectivity index (χ0n) is 20.6. The molecule has 3 rings (SSSR count). The van der Waals surface area contributed by atoms with Gasteiger partial charge in [0.25, 0.3) is 0 Å². The molecule has 0 unspecified atom stereocenters. The first-order valence-electron chi connectivity index (χ1n) is 12.1. The zero-order chi connectivity index (χ0) is 26.3. The standard InChI is InChI=1S/C26H33Cl2N3O4S/c1-19(26(33)29-22-9-4-5-10-22)30(18-20-8-3-6-11-24(20)28)25(32)12-7-17-31(36(2,34)35)23-15-13-21(27)14-16-23/h3,6,8,11,13-16,19,22H,4-5,7,9-10,12,17-18H2,1-2H3,(H,29,33)/t19-/m1/s1. The monoisotopic (exact) mass is 553 g/mol. The Balaban J connectivity index is 1.72. The summed E-state index contributed by atoms with van der Waals surface area (Å²) in [6, 6.07) is 13.2. The Hall–Kier alpha value is -2.29. The fraction of sp³-hybridized carbons (Fsp3) is 0.462. The van der Waals surface area contributed by atoms with Crippen molar-refractivity contribution in [2.75, 3.05) is 17.1 Å². The van der Waals surface area contributed by atoms with Gasteiger partial charge in [0.2, 0.25) is 21.8 Å². The minimum atomic E-state index is -3.56. The molecule has 1 fully saturated rings. The number of nitrogens with zero attached hydrogens (tertiary/aromatic N) is 2. The number of rotatable bonds is 11.